The van der Waals surface area contributed by atoms with E-state index in [1.165, 1.54) is 6.33 Å². The third-order valence-electron chi connectivity index (χ3n) is 5.45. The molecule has 0 radical (unpaired) electrons. The lowest BCUT2D eigenvalue weighted by atomic mass is 9.95. The van der Waals surface area contributed by atoms with Crippen molar-refractivity contribution in [2.75, 3.05) is 13.1 Å². The number of rotatable bonds is 6. The molecule has 1 aromatic carbocycles. The molecule has 1 atom stereocenters. The van der Waals surface area contributed by atoms with Crippen LogP contribution in [0.5, 0.6) is 0 Å². The summed E-state index contributed by atoms with van der Waals surface area (Å²) < 4.78 is 1.72. The van der Waals surface area contributed by atoms with Gasteiger partial charge in [-0.2, -0.15) is 5.10 Å². The van der Waals surface area contributed by atoms with Gasteiger partial charge in [-0.05, 0) is 57.5 Å². The SMILES string of the molecule is Cc1nc(CN2CCC(C(=O)NC(C)c3ccc(-n4cncn4)cc3)CC2)cs1. The Balaban J connectivity index is 1.27. The molecule has 1 aliphatic rings. The zero-order valence-electron chi connectivity index (χ0n) is 16.8. The van der Waals surface area contributed by atoms with E-state index in [-0.39, 0.29) is 17.9 Å². The summed E-state index contributed by atoms with van der Waals surface area (Å²) in [7, 11) is 0. The first-order valence-corrected chi connectivity index (χ1v) is 10.8. The summed E-state index contributed by atoms with van der Waals surface area (Å²) in [5, 5.41) is 10.6. The molecular weight excluding hydrogens is 384 g/mol. The minimum Gasteiger partial charge on any atom is -0.349 e. The van der Waals surface area contributed by atoms with Crippen molar-refractivity contribution in [1.82, 2.24) is 30.0 Å². The second-order valence-electron chi connectivity index (χ2n) is 7.57. The summed E-state index contributed by atoms with van der Waals surface area (Å²) in [5.74, 6) is 0.238. The van der Waals surface area contributed by atoms with E-state index in [9.17, 15) is 4.79 Å². The van der Waals surface area contributed by atoms with Gasteiger partial charge >= 0.3 is 0 Å². The highest BCUT2D eigenvalue weighted by Gasteiger charge is 2.26. The summed E-state index contributed by atoms with van der Waals surface area (Å²) in [6.45, 7) is 6.83. The Kier molecular flexibility index (Phi) is 6.01. The van der Waals surface area contributed by atoms with Crippen LogP contribution in [-0.2, 0) is 11.3 Å². The monoisotopic (exact) mass is 410 g/mol. The van der Waals surface area contributed by atoms with Gasteiger partial charge in [0.15, 0.2) is 0 Å². The van der Waals surface area contributed by atoms with E-state index in [2.05, 4.69) is 30.7 Å². The first-order chi connectivity index (χ1) is 14.1. The third-order valence-corrected chi connectivity index (χ3v) is 6.27. The second kappa shape index (κ2) is 8.84. The molecule has 152 valence electrons. The number of nitrogens with zero attached hydrogens (tertiary/aromatic N) is 5. The summed E-state index contributed by atoms with van der Waals surface area (Å²) >= 11 is 1.69. The molecule has 7 nitrogen and oxygen atoms in total. The highest BCUT2D eigenvalue weighted by atomic mass is 32.1. The number of aryl methyl sites for hydroxylation is 1. The molecule has 0 aliphatic carbocycles. The number of carbonyl (C=O) groups is 1. The molecule has 1 fully saturated rings. The Labute approximate surface area is 174 Å². The van der Waals surface area contributed by atoms with Crippen molar-refractivity contribution in [1.29, 1.82) is 0 Å². The van der Waals surface area contributed by atoms with Crippen molar-refractivity contribution in [2.24, 2.45) is 5.92 Å². The number of nitrogens with one attached hydrogen (secondary N) is 1. The Bertz CT molecular complexity index is 929. The number of hydrogen-bond acceptors (Lipinski definition) is 6. The summed E-state index contributed by atoms with van der Waals surface area (Å²) in [4.78, 5) is 23.6. The van der Waals surface area contributed by atoms with Crippen molar-refractivity contribution in [3.8, 4) is 5.69 Å². The normalized spacial score (nSPS) is 16.6. The number of thiazole rings is 1. The number of likely N-dealkylation sites (tertiary alicyclic amines) is 1. The van der Waals surface area contributed by atoms with Crippen molar-refractivity contribution in [3.63, 3.8) is 0 Å². The van der Waals surface area contributed by atoms with Gasteiger partial charge in [0, 0.05) is 17.8 Å². The molecule has 0 spiro atoms. The third kappa shape index (κ3) is 4.89. The summed E-state index contributed by atoms with van der Waals surface area (Å²) in [6.07, 6.45) is 4.97. The van der Waals surface area contributed by atoms with Crippen LogP contribution in [0.15, 0.2) is 42.3 Å². The van der Waals surface area contributed by atoms with E-state index in [4.69, 9.17) is 0 Å². The summed E-state index contributed by atoms with van der Waals surface area (Å²) in [6, 6.07) is 8.01. The van der Waals surface area contributed by atoms with Gasteiger partial charge < -0.3 is 5.32 Å². The molecule has 8 heteroatoms. The second-order valence-corrected chi connectivity index (χ2v) is 8.63. The number of aromatic nitrogens is 4. The van der Waals surface area contributed by atoms with E-state index in [0.717, 1.165) is 54.4 Å². The first kappa shape index (κ1) is 19.7. The minimum absolute atomic E-state index is 0.0247. The number of hydrogen-bond donors (Lipinski definition) is 1. The van der Waals surface area contributed by atoms with Gasteiger partial charge in [0.25, 0.3) is 0 Å². The molecule has 4 rings (SSSR count). The smallest absolute Gasteiger partial charge is 0.223 e. The van der Waals surface area contributed by atoms with Crippen LogP contribution in [0.2, 0.25) is 0 Å². The fraction of sp³-hybridized carbons (Fsp3) is 0.429. The number of benzene rings is 1. The van der Waals surface area contributed by atoms with Gasteiger partial charge in [0.2, 0.25) is 5.91 Å². The molecule has 2 aromatic heterocycles. The predicted molar refractivity (Wildman–Crippen MR) is 113 cm³/mol. The lowest BCUT2D eigenvalue weighted by Crippen LogP contribution is -2.40. The highest BCUT2D eigenvalue weighted by Crippen LogP contribution is 2.22. The zero-order chi connectivity index (χ0) is 20.2. The fourth-order valence-electron chi connectivity index (χ4n) is 3.74. The predicted octanol–water partition coefficient (Wildman–Crippen LogP) is 3.12. The van der Waals surface area contributed by atoms with Gasteiger partial charge in [-0.1, -0.05) is 12.1 Å². The Morgan fingerprint density at radius 3 is 2.66 bits per heavy atom. The maximum atomic E-state index is 12.7. The van der Waals surface area contributed by atoms with E-state index >= 15 is 0 Å². The minimum atomic E-state index is -0.0247. The first-order valence-electron chi connectivity index (χ1n) is 9.97. The molecule has 1 saturated heterocycles. The van der Waals surface area contributed by atoms with Crippen LogP contribution >= 0.6 is 11.3 Å². The van der Waals surface area contributed by atoms with E-state index in [1.807, 2.05) is 38.1 Å². The van der Waals surface area contributed by atoms with Gasteiger partial charge in [0.05, 0.1) is 22.4 Å². The van der Waals surface area contributed by atoms with Crippen LogP contribution in [0.25, 0.3) is 5.69 Å². The van der Waals surface area contributed by atoms with Crippen LogP contribution in [0.3, 0.4) is 0 Å². The standard InChI is InChI=1S/C21H26N6OS/c1-15(17-3-5-20(6-4-17)27-14-22-13-23-27)24-21(28)18-7-9-26(10-8-18)11-19-12-29-16(2)25-19/h3-6,12-15,18H,7-11H2,1-2H3,(H,24,28). The zero-order valence-corrected chi connectivity index (χ0v) is 17.6. The quantitative estimate of drug-likeness (QED) is 0.676. The Morgan fingerprint density at radius 1 is 1.28 bits per heavy atom. The van der Waals surface area contributed by atoms with Crippen LogP contribution in [0.4, 0.5) is 0 Å². The molecule has 29 heavy (non-hydrogen) atoms. The van der Waals surface area contributed by atoms with Gasteiger partial charge in [-0.15, -0.1) is 11.3 Å². The molecule has 1 aliphatic heterocycles. The molecule has 3 heterocycles. The number of amides is 1. The van der Waals surface area contributed by atoms with Gasteiger partial charge in [0.1, 0.15) is 12.7 Å². The van der Waals surface area contributed by atoms with E-state index in [0.29, 0.717) is 0 Å². The van der Waals surface area contributed by atoms with Crippen molar-refractivity contribution in [3.05, 3.63) is 58.6 Å². The lowest BCUT2D eigenvalue weighted by molar-refractivity contribution is -0.127. The van der Waals surface area contributed by atoms with Crippen molar-refractivity contribution in [2.45, 2.75) is 39.3 Å². The van der Waals surface area contributed by atoms with Crippen LogP contribution in [0.1, 0.15) is 42.1 Å². The van der Waals surface area contributed by atoms with Crippen LogP contribution in [0, 0.1) is 12.8 Å². The molecule has 1 amide bonds. The van der Waals surface area contributed by atoms with Crippen LogP contribution < -0.4 is 5.32 Å². The summed E-state index contributed by atoms with van der Waals surface area (Å²) in [5.41, 5.74) is 3.17. The average Bonchev–Trinajstić information content (AvgIpc) is 3.41. The topological polar surface area (TPSA) is 75.9 Å². The van der Waals surface area contributed by atoms with Gasteiger partial charge in [-0.25, -0.2) is 14.6 Å². The van der Waals surface area contributed by atoms with E-state index in [1.54, 1.807) is 22.3 Å². The molecule has 3 aromatic rings. The largest absolute Gasteiger partial charge is 0.349 e. The van der Waals surface area contributed by atoms with Crippen molar-refractivity contribution < 1.29 is 4.79 Å². The lowest BCUT2D eigenvalue weighted by Gasteiger charge is -2.31. The average molecular weight is 411 g/mol. The maximum Gasteiger partial charge on any atom is 0.223 e. The molecule has 0 bridgehead atoms. The molecular formula is C21H26N6OS. The van der Waals surface area contributed by atoms with E-state index < -0.39 is 0 Å². The highest BCUT2D eigenvalue weighted by molar-refractivity contribution is 7.09. The Morgan fingerprint density at radius 2 is 2.03 bits per heavy atom. The Hall–Kier alpha value is -2.58. The van der Waals surface area contributed by atoms with Gasteiger partial charge in [-0.3, -0.25) is 9.69 Å². The number of piperidine rings is 1. The van der Waals surface area contributed by atoms with Crippen molar-refractivity contribution >= 4 is 17.2 Å². The molecule has 1 unspecified atom stereocenters. The van der Waals surface area contributed by atoms with Crippen LogP contribution in [-0.4, -0.2) is 43.6 Å². The number of carbonyl (C=O) groups excluding carboxylic acids is 1. The molecule has 0 saturated carbocycles. The maximum absolute atomic E-state index is 12.7. The fourth-order valence-corrected chi connectivity index (χ4v) is 4.34. The molecule has 1 N–H and O–H groups in total.